The normalized spacial score (nSPS) is 10.2. The van der Waals surface area contributed by atoms with Crippen LogP contribution in [0.1, 0.15) is 28.4 Å². The molecule has 5 heteroatoms. The summed E-state index contributed by atoms with van der Waals surface area (Å²) in [4.78, 5) is 24.8. The highest BCUT2D eigenvalue weighted by Crippen LogP contribution is 2.22. The van der Waals surface area contributed by atoms with Crippen molar-refractivity contribution >= 4 is 29.3 Å². The third kappa shape index (κ3) is 4.60. The van der Waals surface area contributed by atoms with Crippen LogP contribution in [0.3, 0.4) is 0 Å². The van der Waals surface area contributed by atoms with Gasteiger partial charge in [0, 0.05) is 11.8 Å². The van der Waals surface area contributed by atoms with Crippen LogP contribution in [0.2, 0.25) is 0 Å². The summed E-state index contributed by atoms with van der Waals surface area (Å²) in [5.41, 5.74) is 2.60. The van der Waals surface area contributed by atoms with Crippen molar-refractivity contribution < 1.29 is 14.3 Å². The molecule has 4 nitrogen and oxygen atoms in total. The zero-order valence-electron chi connectivity index (χ0n) is 13.4. The fourth-order valence-electron chi connectivity index (χ4n) is 2.13. The molecule has 120 valence electrons. The molecule has 1 N–H and O–H groups in total. The molecule has 1 amide bonds. The maximum absolute atomic E-state index is 12.3. The lowest BCUT2D eigenvalue weighted by Gasteiger charge is -2.12. The highest BCUT2D eigenvalue weighted by molar-refractivity contribution is 7.98. The number of esters is 1. The van der Waals surface area contributed by atoms with Gasteiger partial charge in [0.2, 0.25) is 5.91 Å². The van der Waals surface area contributed by atoms with E-state index >= 15 is 0 Å². The molecule has 23 heavy (non-hydrogen) atoms. The second-order valence-electron chi connectivity index (χ2n) is 5.10. The van der Waals surface area contributed by atoms with Crippen LogP contribution in [0.25, 0.3) is 0 Å². The van der Waals surface area contributed by atoms with Crippen LogP contribution < -0.4 is 5.32 Å². The molecule has 0 heterocycles. The average Bonchev–Trinajstić information content (AvgIpc) is 2.54. The number of carbonyl (C=O) groups excluding carboxylic acids is 2. The van der Waals surface area contributed by atoms with Crippen LogP contribution >= 0.6 is 11.8 Å². The Balaban J connectivity index is 2.11. The molecule has 0 aromatic heterocycles. The van der Waals surface area contributed by atoms with Gasteiger partial charge >= 0.3 is 5.97 Å². The van der Waals surface area contributed by atoms with Crippen LogP contribution in [0, 0.1) is 6.92 Å². The van der Waals surface area contributed by atoms with Crippen molar-refractivity contribution in [2.75, 3.05) is 11.6 Å². The van der Waals surface area contributed by atoms with E-state index < -0.39 is 5.97 Å². The first-order chi connectivity index (χ1) is 11.0. The quantitative estimate of drug-likeness (QED) is 0.664. The summed E-state index contributed by atoms with van der Waals surface area (Å²) in [6, 6.07) is 13.1. The molecule has 0 aliphatic carbocycles. The Kier molecular flexibility index (Phi) is 5.82. The third-order valence-corrected chi connectivity index (χ3v) is 4.07. The van der Waals surface area contributed by atoms with Gasteiger partial charge in [0.25, 0.3) is 0 Å². The maximum atomic E-state index is 12.3. The smallest absolute Gasteiger partial charge is 0.340 e. The summed E-state index contributed by atoms with van der Waals surface area (Å²) in [6.07, 6.45) is 2.01. The summed E-state index contributed by atoms with van der Waals surface area (Å²) in [5, 5.41) is 2.69. The Labute approximate surface area is 140 Å². The van der Waals surface area contributed by atoms with Crippen LogP contribution in [0.15, 0.2) is 47.4 Å². The van der Waals surface area contributed by atoms with E-state index in [2.05, 4.69) is 5.32 Å². The van der Waals surface area contributed by atoms with Crippen molar-refractivity contribution in [3.63, 3.8) is 0 Å². The monoisotopic (exact) mass is 329 g/mol. The van der Waals surface area contributed by atoms with Crippen molar-refractivity contribution in [1.82, 2.24) is 0 Å². The largest absolute Gasteiger partial charge is 0.457 e. The number of anilines is 1. The van der Waals surface area contributed by atoms with Crippen molar-refractivity contribution in [2.45, 2.75) is 25.3 Å². The summed E-state index contributed by atoms with van der Waals surface area (Å²) in [7, 11) is 0. The Hall–Kier alpha value is -2.27. The number of aryl methyl sites for hydroxylation is 1. The van der Waals surface area contributed by atoms with Crippen LogP contribution in [0.4, 0.5) is 5.69 Å². The minimum absolute atomic E-state index is 0.195. The number of amides is 1. The van der Waals surface area contributed by atoms with E-state index in [9.17, 15) is 9.59 Å². The zero-order chi connectivity index (χ0) is 16.8. The molecule has 0 saturated carbocycles. The lowest BCUT2D eigenvalue weighted by Crippen LogP contribution is -2.14. The topological polar surface area (TPSA) is 55.4 Å². The second kappa shape index (κ2) is 7.83. The molecule has 0 saturated heterocycles. The summed E-state index contributed by atoms with van der Waals surface area (Å²) in [6.45, 7) is 3.44. The van der Waals surface area contributed by atoms with Gasteiger partial charge < -0.3 is 10.1 Å². The third-order valence-electron chi connectivity index (χ3n) is 3.32. The highest BCUT2D eigenvalue weighted by atomic mass is 32.2. The van der Waals surface area contributed by atoms with Crippen LogP contribution in [0.5, 0.6) is 0 Å². The van der Waals surface area contributed by atoms with Gasteiger partial charge in [-0.3, -0.25) is 4.79 Å². The summed E-state index contributed by atoms with van der Waals surface area (Å²) >= 11 is 1.66. The maximum Gasteiger partial charge on any atom is 0.340 e. The molecule has 2 aromatic rings. The SMILES string of the molecule is CSc1ccc(COC(=O)c2cccc(C)c2NC(C)=O)cc1. The first kappa shape index (κ1) is 17.1. The Morgan fingerprint density at radius 2 is 1.83 bits per heavy atom. The van der Waals surface area contributed by atoms with Crippen molar-refractivity contribution in [1.29, 1.82) is 0 Å². The number of nitrogens with one attached hydrogen (secondary N) is 1. The number of carbonyl (C=O) groups is 2. The van der Waals surface area contributed by atoms with Crippen molar-refractivity contribution in [3.05, 3.63) is 59.2 Å². The van der Waals surface area contributed by atoms with Gasteiger partial charge in [-0.05, 0) is 42.5 Å². The number of hydrogen-bond donors (Lipinski definition) is 1. The molecule has 0 aliphatic heterocycles. The lowest BCUT2D eigenvalue weighted by molar-refractivity contribution is -0.114. The first-order valence-corrected chi connectivity index (χ1v) is 8.41. The van der Waals surface area contributed by atoms with Gasteiger partial charge in [0.1, 0.15) is 6.61 Å². The molecular formula is C18H19NO3S. The highest BCUT2D eigenvalue weighted by Gasteiger charge is 2.15. The predicted octanol–water partition coefficient (Wildman–Crippen LogP) is 4.03. The molecule has 0 spiro atoms. The van der Waals surface area contributed by atoms with Gasteiger partial charge in [-0.25, -0.2) is 4.79 Å². The number of hydrogen-bond acceptors (Lipinski definition) is 4. The van der Waals surface area contributed by atoms with E-state index in [1.165, 1.54) is 6.92 Å². The molecule has 2 rings (SSSR count). The van der Waals surface area contributed by atoms with Gasteiger partial charge in [-0.15, -0.1) is 11.8 Å². The molecule has 2 aromatic carbocycles. The summed E-state index contributed by atoms with van der Waals surface area (Å²) < 4.78 is 5.37. The molecule has 0 radical (unpaired) electrons. The van der Waals surface area contributed by atoms with E-state index in [0.29, 0.717) is 11.3 Å². The van der Waals surface area contributed by atoms with E-state index in [0.717, 1.165) is 16.0 Å². The zero-order valence-corrected chi connectivity index (χ0v) is 14.2. The fraction of sp³-hybridized carbons (Fsp3) is 0.222. The molecule has 0 unspecified atom stereocenters. The molecule has 0 fully saturated rings. The van der Waals surface area contributed by atoms with Gasteiger partial charge in [-0.2, -0.15) is 0 Å². The Morgan fingerprint density at radius 1 is 1.13 bits per heavy atom. The number of ether oxygens (including phenoxy) is 1. The van der Waals surface area contributed by atoms with Gasteiger partial charge in [-0.1, -0.05) is 24.3 Å². The predicted molar refractivity (Wildman–Crippen MR) is 92.8 cm³/mol. The summed E-state index contributed by atoms with van der Waals surface area (Å²) in [5.74, 6) is -0.674. The van der Waals surface area contributed by atoms with Crippen molar-refractivity contribution in [3.8, 4) is 0 Å². The number of rotatable bonds is 5. The number of benzene rings is 2. The molecule has 0 aliphatic rings. The first-order valence-electron chi connectivity index (χ1n) is 7.18. The van der Waals surface area contributed by atoms with Gasteiger partial charge in [0.15, 0.2) is 0 Å². The van der Waals surface area contributed by atoms with E-state index in [4.69, 9.17) is 4.74 Å². The lowest BCUT2D eigenvalue weighted by atomic mass is 10.1. The van der Waals surface area contributed by atoms with Crippen LogP contribution in [-0.2, 0) is 16.1 Å². The number of para-hydroxylation sites is 1. The minimum Gasteiger partial charge on any atom is -0.457 e. The van der Waals surface area contributed by atoms with Crippen LogP contribution in [-0.4, -0.2) is 18.1 Å². The minimum atomic E-state index is -0.452. The van der Waals surface area contributed by atoms with Gasteiger partial charge in [0.05, 0.1) is 11.3 Å². The molecule has 0 bridgehead atoms. The standard InChI is InChI=1S/C18H19NO3S/c1-12-5-4-6-16(17(12)19-13(2)20)18(21)22-11-14-7-9-15(23-3)10-8-14/h4-10H,11H2,1-3H3,(H,19,20). The molecule has 0 atom stereocenters. The van der Waals surface area contributed by atoms with E-state index in [-0.39, 0.29) is 12.5 Å². The average molecular weight is 329 g/mol. The van der Waals surface area contributed by atoms with Crippen molar-refractivity contribution in [2.24, 2.45) is 0 Å². The van der Waals surface area contributed by atoms with E-state index in [1.54, 1.807) is 23.9 Å². The second-order valence-corrected chi connectivity index (χ2v) is 5.98. The Morgan fingerprint density at radius 3 is 2.43 bits per heavy atom. The number of thioether (sulfide) groups is 1. The fourth-order valence-corrected chi connectivity index (χ4v) is 2.54. The van der Waals surface area contributed by atoms with E-state index in [1.807, 2.05) is 43.5 Å². The Bertz CT molecular complexity index is 711. The molecular weight excluding hydrogens is 310 g/mol.